The summed E-state index contributed by atoms with van der Waals surface area (Å²) in [5.41, 5.74) is 14.7. The molecule has 0 atom stereocenters. The van der Waals surface area contributed by atoms with E-state index in [1.165, 1.54) is 53.2 Å². The second-order valence-corrected chi connectivity index (χ2v) is 18.6. The van der Waals surface area contributed by atoms with Gasteiger partial charge in [0.1, 0.15) is 11.2 Å². The summed E-state index contributed by atoms with van der Waals surface area (Å²) in [6.45, 7) is 0. The second kappa shape index (κ2) is 15.8. The van der Waals surface area contributed by atoms with Gasteiger partial charge in [-0.15, -0.1) is 11.3 Å². The van der Waals surface area contributed by atoms with Crippen LogP contribution in [-0.4, -0.2) is 19.5 Å². The summed E-state index contributed by atoms with van der Waals surface area (Å²) in [6.07, 6.45) is 0. The number of hydrogen-bond donors (Lipinski definition) is 0. The lowest BCUT2D eigenvalue weighted by Gasteiger charge is -2.15. The Morgan fingerprint density at radius 3 is 1.71 bits per heavy atom. The van der Waals surface area contributed by atoms with Gasteiger partial charge in [0.25, 0.3) is 0 Å². The van der Waals surface area contributed by atoms with Crippen molar-refractivity contribution in [3.05, 3.63) is 231 Å². The minimum Gasteiger partial charge on any atom is -0.456 e. The van der Waals surface area contributed by atoms with Crippen LogP contribution in [0.15, 0.2) is 235 Å². The molecule has 14 aromatic rings. The number of rotatable bonds is 7. The summed E-state index contributed by atoms with van der Waals surface area (Å²) >= 11 is 1.87. The Morgan fingerprint density at radius 1 is 0.333 bits per heavy atom. The highest BCUT2D eigenvalue weighted by atomic mass is 32.1. The standard InChI is InChI=1S/C63H38N4OS/c1-3-15-39(16-4-1)45-36-53(43-20-13-19-42(35-43)47-24-14-25-52-51-23-9-12-28-58(51)69-60(47)52)59-54(37-45)48-21-7-10-26-55(48)67(59)46-32-29-41(30-33-46)62-64-61(40-17-5-2-6-18-40)65-63(66-62)44-31-34-50-49-22-8-11-27-56(49)68-57(50)38-44/h1-38H. The molecule has 0 saturated carbocycles. The Kier molecular flexibility index (Phi) is 9.00. The summed E-state index contributed by atoms with van der Waals surface area (Å²) in [5.74, 6) is 1.78. The van der Waals surface area contributed by atoms with Crippen molar-refractivity contribution in [3.8, 4) is 73.2 Å². The van der Waals surface area contributed by atoms with Crippen molar-refractivity contribution < 1.29 is 4.42 Å². The van der Waals surface area contributed by atoms with E-state index in [1.54, 1.807) is 0 Å². The minimum absolute atomic E-state index is 0.581. The molecule has 5 nitrogen and oxygen atoms in total. The smallest absolute Gasteiger partial charge is 0.164 e. The van der Waals surface area contributed by atoms with Crippen molar-refractivity contribution >= 4 is 75.3 Å². The van der Waals surface area contributed by atoms with E-state index in [9.17, 15) is 0 Å². The number of hydrogen-bond acceptors (Lipinski definition) is 5. The van der Waals surface area contributed by atoms with Gasteiger partial charge in [-0.3, -0.25) is 0 Å². The molecule has 4 aromatic heterocycles. The van der Waals surface area contributed by atoms with Gasteiger partial charge < -0.3 is 8.98 Å². The van der Waals surface area contributed by atoms with Crippen LogP contribution in [0.4, 0.5) is 0 Å². The lowest BCUT2D eigenvalue weighted by Crippen LogP contribution is -2.01. The zero-order chi connectivity index (χ0) is 45.4. The molecule has 0 aliphatic heterocycles. The predicted molar refractivity (Wildman–Crippen MR) is 287 cm³/mol. The van der Waals surface area contributed by atoms with E-state index < -0.39 is 0 Å². The molecule has 4 heterocycles. The fourth-order valence-electron chi connectivity index (χ4n) is 10.2. The molecule has 0 radical (unpaired) electrons. The third-order valence-corrected chi connectivity index (χ3v) is 14.7. The van der Waals surface area contributed by atoms with Crippen molar-refractivity contribution in [2.45, 2.75) is 0 Å². The maximum absolute atomic E-state index is 6.30. The van der Waals surface area contributed by atoms with E-state index in [1.807, 2.05) is 65.9 Å². The van der Waals surface area contributed by atoms with Crippen LogP contribution in [0.1, 0.15) is 0 Å². The molecule has 10 aromatic carbocycles. The Balaban J connectivity index is 0.937. The molecular formula is C63H38N4OS. The van der Waals surface area contributed by atoms with Crippen LogP contribution < -0.4 is 0 Å². The largest absolute Gasteiger partial charge is 0.456 e. The lowest BCUT2D eigenvalue weighted by molar-refractivity contribution is 0.669. The first-order valence-electron chi connectivity index (χ1n) is 23.2. The lowest BCUT2D eigenvalue weighted by atomic mass is 9.93. The second-order valence-electron chi connectivity index (χ2n) is 17.5. The molecule has 0 aliphatic rings. The Bertz CT molecular complexity index is 4300. The third-order valence-electron chi connectivity index (χ3n) is 13.5. The van der Waals surface area contributed by atoms with Gasteiger partial charge in [0, 0.05) is 69.7 Å². The number of fused-ring (bicyclic) bond motifs is 9. The number of aromatic nitrogens is 4. The van der Waals surface area contributed by atoms with Crippen LogP contribution in [0.2, 0.25) is 0 Å². The van der Waals surface area contributed by atoms with Crippen LogP contribution in [0.3, 0.4) is 0 Å². The fraction of sp³-hybridized carbons (Fsp3) is 0. The molecule has 322 valence electrons. The highest BCUT2D eigenvalue weighted by molar-refractivity contribution is 7.26. The zero-order valence-electron chi connectivity index (χ0n) is 37.0. The molecule has 69 heavy (non-hydrogen) atoms. The highest BCUT2D eigenvalue weighted by Crippen LogP contribution is 2.44. The summed E-state index contributed by atoms with van der Waals surface area (Å²) in [4.78, 5) is 15.3. The molecule has 0 fully saturated rings. The number of furan rings is 1. The average molecular weight is 899 g/mol. The van der Waals surface area contributed by atoms with Crippen molar-refractivity contribution in [2.75, 3.05) is 0 Å². The third kappa shape index (κ3) is 6.56. The Hall–Kier alpha value is -8.97. The van der Waals surface area contributed by atoms with Gasteiger partial charge in [0.05, 0.1) is 11.0 Å². The summed E-state index contributed by atoms with van der Waals surface area (Å²) in [5, 5.41) is 7.13. The topological polar surface area (TPSA) is 56.7 Å². The highest BCUT2D eigenvalue weighted by Gasteiger charge is 2.21. The van der Waals surface area contributed by atoms with Gasteiger partial charge >= 0.3 is 0 Å². The van der Waals surface area contributed by atoms with Crippen molar-refractivity contribution in [3.63, 3.8) is 0 Å². The normalized spacial score (nSPS) is 11.8. The van der Waals surface area contributed by atoms with Crippen molar-refractivity contribution in [1.82, 2.24) is 19.5 Å². The molecule has 14 rings (SSSR count). The SMILES string of the molecule is c1ccc(-c2cc(-c3cccc(-c4cccc5c4sc4ccccc45)c3)c3c(c2)c2ccccc2n3-c2ccc(-c3nc(-c4ccccc4)nc(-c4ccc5c(c4)oc4ccccc45)n3)cc2)cc1. The predicted octanol–water partition coefficient (Wildman–Crippen LogP) is 17.2. The van der Waals surface area contributed by atoms with Crippen LogP contribution in [0.25, 0.3) is 137 Å². The average Bonchev–Trinajstić information content (AvgIpc) is 4.11. The first-order valence-corrected chi connectivity index (χ1v) is 24.0. The zero-order valence-corrected chi connectivity index (χ0v) is 37.9. The van der Waals surface area contributed by atoms with Crippen LogP contribution in [0, 0.1) is 0 Å². The maximum Gasteiger partial charge on any atom is 0.164 e. The number of benzene rings is 10. The summed E-state index contributed by atoms with van der Waals surface area (Å²) in [7, 11) is 0. The fourth-order valence-corrected chi connectivity index (χ4v) is 11.4. The van der Waals surface area contributed by atoms with Gasteiger partial charge in [0.2, 0.25) is 0 Å². The van der Waals surface area contributed by atoms with E-state index in [0.29, 0.717) is 17.5 Å². The van der Waals surface area contributed by atoms with Crippen LogP contribution in [0.5, 0.6) is 0 Å². The molecule has 6 heteroatoms. The van der Waals surface area contributed by atoms with E-state index in [0.717, 1.165) is 66.5 Å². The summed E-state index contributed by atoms with van der Waals surface area (Å²) in [6, 6.07) is 81.9. The van der Waals surface area contributed by atoms with Crippen molar-refractivity contribution in [1.29, 1.82) is 0 Å². The molecular weight excluding hydrogens is 861 g/mol. The molecule has 0 N–H and O–H groups in total. The quantitative estimate of drug-likeness (QED) is 0.160. The number of thiophene rings is 1. The summed E-state index contributed by atoms with van der Waals surface area (Å²) < 4.78 is 11.3. The monoisotopic (exact) mass is 898 g/mol. The minimum atomic E-state index is 0.581. The molecule has 0 spiro atoms. The van der Waals surface area contributed by atoms with Gasteiger partial charge in [-0.1, -0.05) is 158 Å². The van der Waals surface area contributed by atoms with Crippen LogP contribution >= 0.6 is 11.3 Å². The first-order chi connectivity index (χ1) is 34.2. The molecule has 0 aliphatic carbocycles. The number of para-hydroxylation sites is 2. The van der Waals surface area contributed by atoms with Gasteiger partial charge in [-0.05, 0) is 101 Å². The van der Waals surface area contributed by atoms with Crippen LogP contribution in [-0.2, 0) is 0 Å². The molecule has 0 amide bonds. The van der Waals surface area contributed by atoms with Gasteiger partial charge in [-0.2, -0.15) is 0 Å². The van der Waals surface area contributed by atoms with E-state index in [4.69, 9.17) is 19.4 Å². The first kappa shape index (κ1) is 39.2. The van der Waals surface area contributed by atoms with Gasteiger partial charge in [-0.25, -0.2) is 15.0 Å². The van der Waals surface area contributed by atoms with Crippen molar-refractivity contribution in [2.24, 2.45) is 0 Å². The van der Waals surface area contributed by atoms with Gasteiger partial charge in [0.15, 0.2) is 17.5 Å². The molecule has 0 saturated heterocycles. The van der Waals surface area contributed by atoms with E-state index >= 15 is 0 Å². The molecule has 0 unspecified atom stereocenters. The Labute approximate surface area is 400 Å². The maximum atomic E-state index is 6.30. The van der Waals surface area contributed by atoms with E-state index in [2.05, 4.69) is 180 Å². The van der Waals surface area contributed by atoms with E-state index in [-0.39, 0.29) is 0 Å². The number of nitrogens with zero attached hydrogens (tertiary/aromatic N) is 4. The Morgan fingerprint density at radius 2 is 0.913 bits per heavy atom. The molecule has 0 bridgehead atoms.